The molecule has 1 saturated heterocycles. The predicted molar refractivity (Wildman–Crippen MR) is 88.5 cm³/mol. The Morgan fingerprint density at radius 3 is 2.46 bits per heavy atom. The molecule has 10 heteroatoms. The van der Waals surface area contributed by atoms with E-state index < -0.39 is 23.9 Å². The molecule has 1 unspecified atom stereocenters. The molecule has 0 bridgehead atoms. The molecule has 2 rings (SSSR count). The number of alkyl halides is 3. The van der Waals surface area contributed by atoms with Gasteiger partial charge in [-0.1, -0.05) is 11.6 Å². The Morgan fingerprint density at radius 1 is 1.23 bits per heavy atom. The SMILES string of the molecule is COc1cc(NC(=O)C2CCCN(C(=O)C(F)(F)F)C2)c(OC)cc1Cl. The van der Waals surface area contributed by atoms with Gasteiger partial charge in [0.05, 0.1) is 30.8 Å². The Morgan fingerprint density at radius 2 is 1.88 bits per heavy atom. The van der Waals surface area contributed by atoms with Crippen LogP contribution in [0.4, 0.5) is 18.9 Å². The Hall–Kier alpha value is -2.16. The summed E-state index contributed by atoms with van der Waals surface area (Å²) in [6.07, 6.45) is -4.27. The smallest absolute Gasteiger partial charge is 0.471 e. The normalized spacial score (nSPS) is 17.6. The van der Waals surface area contributed by atoms with Crippen LogP contribution in [0, 0.1) is 5.92 Å². The van der Waals surface area contributed by atoms with E-state index in [1.165, 1.54) is 26.4 Å². The number of nitrogens with one attached hydrogen (secondary N) is 1. The van der Waals surface area contributed by atoms with E-state index >= 15 is 0 Å². The molecule has 1 aromatic rings. The van der Waals surface area contributed by atoms with Gasteiger partial charge in [-0.05, 0) is 12.8 Å². The van der Waals surface area contributed by atoms with Gasteiger partial charge in [-0.25, -0.2) is 0 Å². The van der Waals surface area contributed by atoms with Gasteiger partial charge in [0.2, 0.25) is 5.91 Å². The summed E-state index contributed by atoms with van der Waals surface area (Å²) in [4.78, 5) is 24.5. The number of ether oxygens (including phenoxy) is 2. The Bertz CT molecular complexity index is 697. The Labute approximate surface area is 153 Å². The monoisotopic (exact) mass is 394 g/mol. The molecular weight excluding hydrogens is 377 g/mol. The maximum Gasteiger partial charge on any atom is 0.471 e. The number of piperidine rings is 1. The molecule has 1 aromatic carbocycles. The highest BCUT2D eigenvalue weighted by molar-refractivity contribution is 6.32. The fourth-order valence-electron chi connectivity index (χ4n) is 2.75. The third-order valence-corrected chi connectivity index (χ3v) is 4.35. The van der Waals surface area contributed by atoms with Crippen LogP contribution in [-0.2, 0) is 9.59 Å². The van der Waals surface area contributed by atoms with Gasteiger partial charge in [0.15, 0.2) is 0 Å². The molecule has 1 atom stereocenters. The zero-order valence-corrected chi connectivity index (χ0v) is 14.9. The van der Waals surface area contributed by atoms with Crippen molar-refractivity contribution in [3.63, 3.8) is 0 Å². The minimum atomic E-state index is -4.95. The van der Waals surface area contributed by atoms with E-state index in [2.05, 4.69) is 5.32 Å². The molecule has 1 N–H and O–H groups in total. The number of amides is 2. The number of likely N-dealkylation sites (tertiary alicyclic amines) is 1. The lowest BCUT2D eigenvalue weighted by atomic mass is 9.97. The number of anilines is 1. The second-order valence-electron chi connectivity index (χ2n) is 5.76. The molecule has 0 saturated carbocycles. The molecular formula is C16H18ClF3N2O4. The lowest BCUT2D eigenvalue weighted by Crippen LogP contribution is -2.48. The summed E-state index contributed by atoms with van der Waals surface area (Å²) >= 11 is 5.99. The number of halogens is 4. The first-order valence-corrected chi connectivity index (χ1v) is 8.13. The highest BCUT2D eigenvalue weighted by Gasteiger charge is 2.44. The van der Waals surface area contributed by atoms with Crippen molar-refractivity contribution in [1.29, 1.82) is 0 Å². The van der Waals surface area contributed by atoms with Crippen LogP contribution < -0.4 is 14.8 Å². The largest absolute Gasteiger partial charge is 0.495 e. The average Bonchev–Trinajstić information content (AvgIpc) is 2.61. The maximum atomic E-state index is 12.6. The number of benzene rings is 1. The van der Waals surface area contributed by atoms with Crippen LogP contribution in [0.5, 0.6) is 11.5 Å². The van der Waals surface area contributed by atoms with E-state index in [0.717, 1.165) is 0 Å². The highest BCUT2D eigenvalue weighted by Crippen LogP contribution is 2.36. The van der Waals surface area contributed by atoms with Crippen molar-refractivity contribution in [3.8, 4) is 11.5 Å². The van der Waals surface area contributed by atoms with Gasteiger partial charge < -0.3 is 19.7 Å². The first-order chi connectivity index (χ1) is 12.2. The molecule has 1 aliphatic rings. The summed E-state index contributed by atoms with van der Waals surface area (Å²) in [5, 5.41) is 2.89. The highest BCUT2D eigenvalue weighted by atomic mass is 35.5. The van der Waals surface area contributed by atoms with Gasteiger partial charge in [0.1, 0.15) is 11.5 Å². The van der Waals surface area contributed by atoms with Crippen LogP contribution in [0.3, 0.4) is 0 Å². The molecule has 1 heterocycles. The lowest BCUT2D eigenvalue weighted by molar-refractivity contribution is -0.187. The quantitative estimate of drug-likeness (QED) is 0.852. The third kappa shape index (κ3) is 4.51. The standard InChI is InChI=1S/C16H18ClF3N2O4/c1-25-12-7-11(13(26-2)6-10(12)17)21-14(23)9-4-3-5-22(8-9)15(24)16(18,19)20/h6-7,9H,3-5,8H2,1-2H3,(H,21,23). The summed E-state index contributed by atoms with van der Waals surface area (Å²) in [6.45, 7) is -0.322. The van der Waals surface area contributed by atoms with E-state index in [9.17, 15) is 22.8 Å². The van der Waals surface area contributed by atoms with Crippen LogP contribution >= 0.6 is 11.6 Å². The number of nitrogens with zero attached hydrogens (tertiary/aromatic N) is 1. The lowest BCUT2D eigenvalue weighted by Gasteiger charge is -2.32. The van der Waals surface area contributed by atoms with E-state index in [4.69, 9.17) is 21.1 Å². The van der Waals surface area contributed by atoms with Crippen molar-refractivity contribution in [2.24, 2.45) is 5.92 Å². The maximum absolute atomic E-state index is 12.6. The van der Waals surface area contributed by atoms with E-state index in [1.54, 1.807) is 0 Å². The molecule has 0 aliphatic carbocycles. The molecule has 144 valence electrons. The number of carbonyl (C=O) groups excluding carboxylic acids is 2. The summed E-state index contributed by atoms with van der Waals surface area (Å²) in [7, 11) is 2.79. The molecule has 0 spiro atoms. The van der Waals surface area contributed by atoms with Crippen LogP contribution in [0.15, 0.2) is 12.1 Å². The first kappa shape index (κ1) is 20.2. The Kier molecular flexibility index (Phi) is 6.22. The predicted octanol–water partition coefficient (Wildman–Crippen LogP) is 3.10. The van der Waals surface area contributed by atoms with E-state index in [-0.39, 0.29) is 29.5 Å². The molecule has 1 fully saturated rings. The topological polar surface area (TPSA) is 67.9 Å². The average molecular weight is 395 g/mol. The molecule has 0 radical (unpaired) electrons. The third-order valence-electron chi connectivity index (χ3n) is 4.05. The fourth-order valence-corrected chi connectivity index (χ4v) is 2.98. The molecule has 0 aromatic heterocycles. The summed E-state index contributed by atoms with van der Waals surface area (Å²) < 4.78 is 48.0. The van der Waals surface area contributed by atoms with Crippen LogP contribution in [0.25, 0.3) is 0 Å². The minimum Gasteiger partial charge on any atom is -0.495 e. The number of methoxy groups -OCH3 is 2. The number of carbonyl (C=O) groups is 2. The molecule has 1 aliphatic heterocycles. The zero-order chi connectivity index (χ0) is 19.5. The Balaban J connectivity index is 2.13. The second kappa shape index (κ2) is 8.03. The fraction of sp³-hybridized carbons (Fsp3) is 0.500. The van der Waals surface area contributed by atoms with Crippen LogP contribution in [0.2, 0.25) is 5.02 Å². The van der Waals surface area contributed by atoms with Gasteiger partial charge in [0, 0.05) is 25.2 Å². The van der Waals surface area contributed by atoms with Crippen LogP contribution in [-0.4, -0.2) is 50.2 Å². The van der Waals surface area contributed by atoms with Crippen molar-refractivity contribution in [2.45, 2.75) is 19.0 Å². The van der Waals surface area contributed by atoms with Crippen molar-refractivity contribution >= 4 is 29.1 Å². The van der Waals surface area contributed by atoms with Gasteiger partial charge >= 0.3 is 12.1 Å². The molecule has 26 heavy (non-hydrogen) atoms. The zero-order valence-electron chi connectivity index (χ0n) is 14.2. The number of hydrogen-bond acceptors (Lipinski definition) is 4. The number of hydrogen-bond donors (Lipinski definition) is 1. The summed E-state index contributed by atoms with van der Waals surface area (Å²) in [5.74, 6) is -2.61. The van der Waals surface area contributed by atoms with Crippen LogP contribution in [0.1, 0.15) is 12.8 Å². The second-order valence-corrected chi connectivity index (χ2v) is 6.17. The van der Waals surface area contributed by atoms with Gasteiger partial charge in [-0.15, -0.1) is 0 Å². The van der Waals surface area contributed by atoms with Crippen molar-refractivity contribution in [3.05, 3.63) is 17.2 Å². The van der Waals surface area contributed by atoms with Gasteiger partial charge in [0.25, 0.3) is 0 Å². The van der Waals surface area contributed by atoms with Crippen molar-refractivity contribution in [2.75, 3.05) is 32.6 Å². The van der Waals surface area contributed by atoms with E-state index in [1.807, 2.05) is 0 Å². The minimum absolute atomic E-state index is 0.0276. The summed E-state index contributed by atoms with van der Waals surface area (Å²) in [6, 6.07) is 2.91. The van der Waals surface area contributed by atoms with E-state index in [0.29, 0.717) is 23.5 Å². The van der Waals surface area contributed by atoms with Gasteiger partial charge in [-0.3, -0.25) is 9.59 Å². The van der Waals surface area contributed by atoms with Crippen molar-refractivity contribution in [1.82, 2.24) is 4.90 Å². The first-order valence-electron chi connectivity index (χ1n) is 7.75. The van der Waals surface area contributed by atoms with Gasteiger partial charge in [-0.2, -0.15) is 13.2 Å². The van der Waals surface area contributed by atoms with Crippen molar-refractivity contribution < 1.29 is 32.2 Å². The summed E-state index contributed by atoms with van der Waals surface area (Å²) in [5.41, 5.74) is 0.276. The molecule has 6 nitrogen and oxygen atoms in total. The molecule has 2 amide bonds. The number of rotatable bonds is 4.